The van der Waals surface area contributed by atoms with Crippen LogP contribution in [0.25, 0.3) is 0 Å². The van der Waals surface area contributed by atoms with Crippen LogP contribution in [0.5, 0.6) is 0 Å². The van der Waals surface area contributed by atoms with Gasteiger partial charge in [-0.15, -0.1) is 0 Å². The number of rotatable bonds is 4. The molecule has 1 unspecified atom stereocenters. The highest BCUT2D eigenvalue weighted by Gasteiger charge is 2.33. The first kappa shape index (κ1) is 18.2. The maximum Gasteiger partial charge on any atom is 0.416 e. The minimum atomic E-state index is -4.66. The van der Waals surface area contributed by atoms with Crippen LogP contribution < -0.4 is 5.32 Å². The summed E-state index contributed by atoms with van der Waals surface area (Å²) in [6.45, 7) is 0.560. The smallest absolute Gasteiger partial charge is 0.416 e. The SMILES string of the molecule is COC(=O)C(C)(O)CNC(=O)c1cc(Cl)cc(C(F)(F)F)c1. The lowest BCUT2D eigenvalue weighted by Crippen LogP contribution is -2.47. The van der Waals surface area contributed by atoms with Gasteiger partial charge < -0.3 is 15.2 Å². The number of alkyl halides is 3. The fourth-order valence-electron chi connectivity index (χ4n) is 1.53. The molecule has 1 aromatic carbocycles. The first-order valence-electron chi connectivity index (χ1n) is 5.94. The third-order valence-corrected chi connectivity index (χ3v) is 2.92. The van der Waals surface area contributed by atoms with E-state index in [1.165, 1.54) is 0 Å². The number of aliphatic hydroxyl groups is 1. The molecule has 1 rings (SSSR count). The fourth-order valence-corrected chi connectivity index (χ4v) is 1.77. The van der Waals surface area contributed by atoms with E-state index in [1.54, 1.807) is 0 Å². The molecule has 0 aromatic heterocycles. The molecule has 2 N–H and O–H groups in total. The maximum absolute atomic E-state index is 12.6. The van der Waals surface area contributed by atoms with E-state index in [0.29, 0.717) is 12.1 Å². The third kappa shape index (κ3) is 4.60. The van der Waals surface area contributed by atoms with E-state index < -0.39 is 35.8 Å². The van der Waals surface area contributed by atoms with Crippen LogP contribution in [-0.4, -0.2) is 36.2 Å². The molecule has 0 saturated carbocycles. The lowest BCUT2D eigenvalue weighted by molar-refractivity contribution is -0.159. The molecule has 0 saturated heterocycles. The van der Waals surface area contributed by atoms with Gasteiger partial charge in [-0.05, 0) is 25.1 Å². The Morgan fingerprint density at radius 3 is 2.41 bits per heavy atom. The minimum absolute atomic E-state index is 0.264. The van der Waals surface area contributed by atoms with Crippen molar-refractivity contribution in [3.05, 3.63) is 34.3 Å². The number of methoxy groups -OCH3 is 1. The van der Waals surface area contributed by atoms with Gasteiger partial charge in [0, 0.05) is 10.6 Å². The number of carbonyl (C=O) groups is 2. The van der Waals surface area contributed by atoms with Crippen molar-refractivity contribution < 1.29 is 32.6 Å². The van der Waals surface area contributed by atoms with Gasteiger partial charge in [0.15, 0.2) is 5.60 Å². The molecule has 1 amide bonds. The second kappa shape index (κ2) is 6.53. The quantitative estimate of drug-likeness (QED) is 0.823. The van der Waals surface area contributed by atoms with E-state index >= 15 is 0 Å². The monoisotopic (exact) mass is 339 g/mol. The van der Waals surface area contributed by atoms with Crippen LogP contribution >= 0.6 is 11.6 Å². The second-order valence-corrected chi connectivity index (χ2v) is 5.11. The van der Waals surface area contributed by atoms with Crippen LogP contribution in [0.1, 0.15) is 22.8 Å². The van der Waals surface area contributed by atoms with Crippen molar-refractivity contribution in [3.8, 4) is 0 Å². The summed E-state index contributed by atoms with van der Waals surface area (Å²) >= 11 is 5.56. The molecule has 1 aromatic rings. The average Bonchev–Trinajstić information content (AvgIpc) is 2.42. The number of halogens is 4. The highest BCUT2D eigenvalue weighted by atomic mass is 35.5. The van der Waals surface area contributed by atoms with Crippen molar-refractivity contribution in [3.63, 3.8) is 0 Å². The van der Waals surface area contributed by atoms with Crippen LogP contribution in [0.2, 0.25) is 5.02 Å². The molecule has 0 bridgehead atoms. The van der Waals surface area contributed by atoms with Crippen molar-refractivity contribution in [2.24, 2.45) is 0 Å². The summed E-state index contributed by atoms with van der Waals surface area (Å²) in [5, 5.41) is 11.6. The first-order chi connectivity index (χ1) is 9.97. The zero-order chi connectivity index (χ0) is 17.1. The van der Waals surface area contributed by atoms with Gasteiger partial charge >= 0.3 is 12.1 Å². The number of hydrogen-bond acceptors (Lipinski definition) is 4. The second-order valence-electron chi connectivity index (χ2n) is 4.67. The molecule has 0 aliphatic carbocycles. The van der Waals surface area contributed by atoms with Crippen molar-refractivity contribution in [2.45, 2.75) is 18.7 Å². The highest BCUT2D eigenvalue weighted by molar-refractivity contribution is 6.31. The molecule has 0 radical (unpaired) electrons. The molecule has 122 valence electrons. The van der Waals surface area contributed by atoms with E-state index in [-0.39, 0.29) is 10.6 Å². The van der Waals surface area contributed by atoms with Crippen molar-refractivity contribution in [1.29, 1.82) is 0 Å². The van der Waals surface area contributed by atoms with Crippen LogP contribution in [-0.2, 0) is 15.7 Å². The van der Waals surface area contributed by atoms with E-state index in [1.807, 2.05) is 0 Å². The van der Waals surface area contributed by atoms with Gasteiger partial charge in [0.1, 0.15) is 0 Å². The van der Waals surface area contributed by atoms with Crippen LogP contribution in [0.4, 0.5) is 13.2 Å². The minimum Gasteiger partial charge on any atom is -0.467 e. The summed E-state index contributed by atoms with van der Waals surface area (Å²) in [4.78, 5) is 23.1. The molecule has 0 aliphatic rings. The molecule has 0 spiro atoms. The van der Waals surface area contributed by atoms with E-state index in [4.69, 9.17) is 11.6 Å². The molecule has 5 nitrogen and oxygen atoms in total. The summed E-state index contributed by atoms with van der Waals surface area (Å²) in [7, 11) is 1.05. The fraction of sp³-hybridized carbons (Fsp3) is 0.385. The van der Waals surface area contributed by atoms with Crippen molar-refractivity contribution in [1.82, 2.24) is 5.32 Å². The first-order valence-corrected chi connectivity index (χ1v) is 6.32. The summed E-state index contributed by atoms with van der Waals surface area (Å²) < 4.78 is 42.3. The predicted octanol–water partition coefficient (Wildman–Crippen LogP) is 2.01. The van der Waals surface area contributed by atoms with Gasteiger partial charge in [-0.25, -0.2) is 4.79 Å². The summed E-state index contributed by atoms with van der Waals surface area (Å²) in [6.07, 6.45) is -4.66. The van der Waals surface area contributed by atoms with Gasteiger partial charge in [-0.2, -0.15) is 13.2 Å². The van der Waals surface area contributed by atoms with E-state index in [2.05, 4.69) is 10.1 Å². The zero-order valence-electron chi connectivity index (χ0n) is 11.6. The number of nitrogens with one attached hydrogen (secondary N) is 1. The Hall–Kier alpha value is -1.80. The van der Waals surface area contributed by atoms with Gasteiger partial charge in [-0.3, -0.25) is 4.79 Å². The van der Waals surface area contributed by atoms with Gasteiger partial charge in [0.2, 0.25) is 0 Å². The Morgan fingerprint density at radius 2 is 1.91 bits per heavy atom. The van der Waals surface area contributed by atoms with Gasteiger partial charge in [-0.1, -0.05) is 11.6 Å². The predicted molar refractivity (Wildman–Crippen MR) is 71.4 cm³/mol. The summed E-state index contributed by atoms with van der Waals surface area (Å²) in [6, 6.07) is 2.34. The van der Waals surface area contributed by atoms with E-state index in [9.17, 15) is 27.9 Å². The lowest BCUT2D eigenvalue weighted by atomic mass is 10.1. The molecule has 0 aliphatic heterocycles. The summed E-state index contributed by atoms with van der Waals surface area (Å²) in [5.41, 5.74) is -3.43. The van der Waals surface area contributed by atoms with Crippen LogP contribution in [0, 0.1) is 0 Å². The van der Waals surface area contributed by atoms with E-state index in [0.717, 1.165) is 20.1 Å². The maximum atomic E-state index is 12.6. The summed E-state index contributed by atoms with van der Waals surface area (Å²) in [5.74, 6) is -1.91. The van der Waals surface area contributed by atoms with Gasteiger partial charge in [0.25, 0.3) is 5.91 Å². The van der Waals surface area contributed by atoms with Crippen molar-refractivity contribution in [2.75, 3.05) is 13.7 Å². The standard InChI is InChI=1S/C13H13ClF3NO4/c1-12(21,11(20)22-2)6-18-10(19)7-3-8(13(15,16)17)5-9(14)4-7/h3-5,21H,6H2,1-2H3,(H,18,19). The Bertz CT molecular complexity index is 587. The van der Waals surface area contributed by atoms with Crippen LogP contribution in [0.3, 0.4) is 0 Å². The molecule has 0 heterocycles. The number of ether oxygens (including phenoxy) is 1. The zero-order valence-corrected chi connectivity index (χ0v) is 12.4. The lowest BCUT2D eigenvalue weighted by Gasteiger charge is -2.20. The number of carbonyl (C=O) groups excluding carboxylic acids is 2. The topological polar surface area (TPSA) is 75.6 Å². The molecular weight excluding hydrogens is 327 g/mol. The average molecular weight is 340 g/mol. The largest absolute Gasteiger partial charge is 0.467 e. The normalized spacial score (nSPS) is 14.1. The van der Waals surface area contributed by atoms with Gasteiger partial charge in [0.05, 0.1) is 19.2 Å². The molecule has 0 fully saturated rings. The Morgan fingerprint density at radius 1 is 1.32 bits per heavy atom. The number of benzene rings is 1. The Kier molecular flexibility index (Phi) is 5.42. The molecule has 9 heteroatoms. The van der Waals surface area contributed by atoms with Crippen LogP contribution in [0.15, 0.2) is 18.2 Å². The highest BCUT2D eigenvalue weighted by Crippen LogP contribution is 2.31. The Balaban J connectivity index is 2.91. The molecule has 1 atom stereocenters. The van der Waals surface area contributed by atoms with Crippen molar-refractivity contribution >= 4 is 23.5 Å². The third-order valence-electron chi connectivity index (χ3n) is 2.71. The number of amides is 1. The Labute approximate surface area is 129 Å². The number of hydrogen-bond donors (Lipinski definition) is 2. The number of esters is 1. The molecule has 22 heavy (non-hydrogen) atoms. The molecular formula is C13H13ClF3NO4.